The Bertz CT molecular complexity index is 407. The van der Waals surface area contributed by atoms with Gasteiger partial charge in [-0.05, 0) is 45.4 Å². The van der Waals surface area contributed by atoms with Gasteiger partial charge in [-0.25, -0.2) is 0 Å². The van der Waals surface area contributed by atoms with Crippen LogP contribution in [0.5, 0.6) is 0 Å². The molecule has 1 rings (SSSR count). The highest BCUT2D eigenvalue weighted by Crippen LogP contribution is 2.10. The van der Waals surface area contributed by atoms with Crippen molar-refractivity contribution >= 4 is 28.8 Å². The lowest BCUT2D eigenvalue weighted by Crippen LogP contribution is -2.42. The van der Waals surface area contributed by atoms with Crippen molar-refractivity contribution in [3.05, 3.63) is 34.9 Å². The summed E-state index contributed by atoms with van der Waals surface area (Å²) in [6.45, 7) is 10.8. The van der Waals surface area contributed by atoms with Crippen LogP contribution in [0.15, 0.2) is 24.3 Å². The van der Waals surface area contributed by atoms with Crippen molar-refractivity contribution in [3.63, 3.8) is 0 Å². The summed E-state index contributed by atoms with van der Waals surface area (Å²) in [5.41, 5.74) is 1.19. The molecule has 0 saturated heterocycles. The fraction of sp³-hybridized carbons (Fsp3) is 0.562. The van der Waals surface area contributed by atoms with E-state index in [1.807, 2.05) is 24.3 Å². The number of benzene rings is 1. The Hall–Kier alpha value is -0.640. The molecule has 0 atom stereocenters. The quantitative estimate of drug-likeness (QED) is 0.768. The van der Waals surface area contributed by atoms with Gasteiger partial charge in [-0.2, -0.15) is 0 Å². The minimum Gasteiger partial charge on any atom is -0.378 e. The molecule has 112 valence electrons. The van der Waals surface area contributed by atoms with Crippen LogP contribution in [0.25, 0.3) is 0 Å². The fourth-order valence-electron chi connectivity index (χ4n) is 2.29. The van der Waals surface area contributed by atoms with E-state index in [1.54, 1.807) is 0 Å². The van der Waals surface area contributed by atoms with Crippen molar-refractivity contribution < 1.29 is 0 Å². The monoisotopic (exact) mass is 312 g/mol. The molecular formula is C16H25ClN2S. The van der Waals surface area contributed by atoms with Crippen LogP contribution < -0.4 is 5.32 Å². The van der Waals surface area contributed by atoms with Gasteiger partial charge in [-0.1, -0.05) is 36.0 Å². The van der Waals surface area contributed by atoms with Crippen LogP contribution in [0, 0.1) is 0 Å². The average molecular weight is 313 g/mol. The molecule has 0 unspecified atom stereocenters. The molecule has 0 aliphatic carbocycles. The molecule has 20 heavy (non-hydrogen) atoms. The Balaban J connectivity index is 2.34. The van der Waals surface area contributed by atoms with Gasteiger partial charge in [0.05, 0.1) is 4.99 Å². The highest BCUT2D eigenvalue weighted by Gasteiger charge is 2.12. The predicted octanol–water partition coefficient (Wildman–Crippen LogP) is 3.92. The number of hydrogen-bond acceptors (Lipinski definition) is 2. The molecule has 0 bridgehead atoms. The minimum absolute atomic E-state index is 0.557. The number of nitrogens with zero attached hydrogens (tertiary/aromatic N) is 1. The molecule has 0 spiro atoms. The van der Waals surface area contributed by atoms with E-state index >= 15 is 0 Å². The van der Waals surface area contributed by atoms with Crippen LogP contribution in [-0.4, -0.2) is 35.1 Å². The zero-order valence-corrected chi connectivity index (χ0v) is 14.4. The summed E-state index contributed by atoms with van der Waals surface area (Å²) in [4.78, 5) is 3.34. The smallest absolute Gasteiger partial charge is 0.0798 e. The normalized spacial score (nSPS) is 11.4. The molecule has 1 aromatic carbocycles. The van der Waals surface area contributed by atoms with Crippen LogP contribution >= 0.6 is 23.8 Å². The zero-order chi connectivity index (χ0) is 15.1. The Morgan fingerprint density at radius 2 is 1.70 bits per heavy atom. The van der Waals surface area contributed by atoms with Gasteiger partial charge in [0.15, 0.2) is 0 Å². The standard InChI is InChI=1S/C16H25ClN2S/c1-12(2)19(13(3)4)10-9-18-16(20)11-14-5-7-15(17)8-6-14/h5-8,12-13H,9-11H2,1-4H3,(H,18,20). The highest BCUT2D eigenvalue weighted by atomic mass is 35.5. The van der Waals surface area contributed by atoms with E-state index in [0.717, 1.165) is 29.5 Å². The topological polar surface area (TPSA) is 15.3 Å². The summed E-state index contributed by atoms with van der Waals surface area (Å²) in [5.74, 6) is 0. The molecule has 1 aromatic rings. The lowest BCUT2D eigenvalue weighted by atomic mass is 10.1. The first kappa shape index (κ1) is 17.4. The molecule has 2 nitrogen and oxygen atoms in total. The molecule has 4 heteroatoms. The molecule has 0 heterocycles. The first-order chi connectivity index (χ1) is 9.40. The molecule has 0 aromatic heterocycles. The van der Waals surface area contributed by atoms with Crippen LogP contribution in [-0.2, 0) is 6.42 Å². The van der Waals surface area contributed by atoms with Crippen LogP contribution in [0.1, 0.15) is 33.3 Å². The third-order valence-corrected chi connectivity index (χ3v) is 3.84. The van der Waals surface area contributed by atoms with Crippen molar-refractivity contribution in [3.8, 4) is 0 Å². The second-order valence-corrected chi connectivity index (χ2v) is 6.51. The number of rotatable bonds is 7. The Kier molecular flexibility index (Phi) is 7.49. The van der Waals surface area contributed by atoms with E-state index in [9.17, 15) is 0 Å². The van der Waals surface area contributed by atoms with Gasteiger partial charge < -0.3 is 5.32 Å². The van der Waals surface area contributed by atoms with Crippen molar-refractivity contribution in [1.82, 2.24) is 10.2 Å². The van der Waals surface area contributed by atoms with E-state index in [1.165, 1.54) is 5.56 Å². The molecule has 1 N–H and O–H groups in total. The molecule has 0 amide bonds. The van der Waals surface area contributed by atoms with Crippen molar-refractivity contribution in [2.75, 3.05) is 13.1 Å². The van der Waals surface area contributed by atoms with Gasteiger partial charge in [-0.3, -0.25) is 4.90 Å². The number of halogens is 1. The van der Waals surface area contributed by atoms with Crippen molar-refractivity contribution in [2.24, 2.45) is 0 Å². The summed E-state index contributed by atoms with van der Waals surface area (Å²) in [6.07, 6.45) is 0.774. The second kappa shape index (κ2) is 8.60. The Morgan fingerprint density at radius 1 is 1.15 bits per heavy atom. The average Bonchev–Trinajstić information content (AvgIpc) is 2.36. The van der Waals surface area contributed by atoms with Gasteiger partial charge in [-0.15, -0.1) is 0 Å². The van der Waals surface area contributed by atoms with E-state index < -0.39 is 0 Å². The zero-order valence-electron chi connectivity index (χ0n) is 12.8. The number of thiocarbonyl (C=S) groups is 1. The SMILES string of the molecule is CC(C)N(CCNC(=S)Cc1ccc(Cl)cc1)C(C)C. The molecule has 0 aliphatic rings. The second-order valence-electron chi connectivity index (χ2n) is 5.58. The Morgan fingerprint density at radius 3 is 2.20 bits per heavy atom. The van der Waals surface area contributed by atoms with Gasteiger partial charge in [0.1, 0.15) is 0 Å². The maximum absolute atomic E-state index is 5.87. The summed E-state index contributed by atoms with van der Waals surface area (Å²) < 4.78 is 0. The molecule has 0 aliphatic heterocycles. The van der Waals surface area contributed by atoms with E-state index in [4.69, 9.17) is 23.8 Å². The van der Waals surface area contributed by atoms with Gasteiger partial charge in [0, 0.05) is 36.6 Å². The maximum Gasteiger partial charge on any atom is 0.0798 e. The number of nitrogens with one attached hydrogen (secondary N) is 1. The van der Waals surface area contributed by atoms with Crippen LogP contribution in [0.4, 0.5) is 0 Å². The lowest BCUT2D eigenvalue weighted by Gasteiger charge is -2.30. The van der Waals surface area contributed by atoms with Gasteiger partial charge in [0.2, 0.25) is 0 Å². The van der Waals surface area contributed by atoms with E-state index in [2.05, 4.69) is 37.9 Å². The minimum atomic E-state index is 0.557. The molecule has 0 radical (unpaired) electrons. The summed E-state index contributed by atoms with van der Waals surface area (Å²) in [6, 6.07) is 8.95. The Labute approximate surface area is 133 Å². The van der Waals surface area contributed by atoms with Crippen LogP contribution in [0.2, 0.25) is 5.02 Å². The lowest BCUT2D eigenvalue weighted by molar-refractivity contribution is 0.178. The van der Waals surface area contributed by atoms with E-state index in [0.29, 0.717) is 12.1 Å². The first-order valence-corrected chi connectivity index (χ1v) is 7.95. The van der Waals surface area contributed by atoms with Gasteiger partial charge >= 0.3 is 0 Å². The summed E-state index contributed by atoms with van der Waals surface area (Å²) in [5, 5.41) is 4.10. The highest BCUT2D eigenvalue weighted by molar-refractivity contribution is 7.80. The predicted molar refractivity (Wildman–Crippen MR) is 92.7 cm³/mol. The summed E-state index contributed by atoms with van der Waals surface area (Å²) in [7, 11) is 0. The van der Waals surface area contributed by atoms with Crippen LogP contribution in [0.3, 0.4) is 0 Å². The first-order valence-electron chi connectivity index (χ1n) is 7.17. The number of hydrogen-bond donors (Lipinski definition) is 1. The van der Waals surface area contributed by atoms with Crippen molar-refractivity contribution in [1.29, 1.82) is 0 Å². The third-order valence-electron chi connectivity index (χ3n) is 3.30. The summed E-state index contributed by atoms with van der Waals surface area (Å²) >= 11 is 11.3. The third kappa shape index (κ3) is 6.21. The largest absolute Gasteiger partial charge is 0.378 e. The van der Waals surface area contributed by atoms with E-state index in [-0.39, 0.29) is 0 Å². The maximum atomic E-state index is 5.87. The molecular weight excluding hydrogens is 288 g/mol. The molecule has 0 fully saturated rings. The van der Waals surface area contributed by atoms with Crippen molar-refractivity contribution in [2.45, 2.75) is 46.2 Å². The van der Waals surface area contributed by atoms with Gasteiger partial charge in [0.25, 0.3) is 0 Å². The fourth-order valence-corrected chi connectivity index (χ4v) is 2.68. The molecule has 0 saturated carbocycles.